The van der Waals surface area contributed by atoms with Gasteiger partial charge >= 0.3 is 0 Å². The van der Waals surface area contributed by atoms with E-state index in [1.165, 1.54) is 14.2 Å². The average molecular weight is 628 g/mol. The molecule has 4 aromatic rings. The molecule has 0 aliphatic carbocycles. The van der Waals surface area contributed by atoms with Crippen LogP contribution in [0.25, 0.3) is 0 Å². The number of fused-ring (bicyclic) bond motifs is 1. The van der Waals surface area contributed by atoms with Crippen molar-refractivity contribution in [2.24, 2.45) is 0 Å². The van der Waals surface area contributed by atoms with Crippen molar-refractivity contribution < 1.29 is 33.6 Å². The van der Waals surface area contributed by atoms with Crippen LogP contribution in [0.3, 0.4) is 0 Å². The first-order chi connectivity index (χ1) is 21.7. The Labute approximate surface area is 266 Å². The van der Waals surface area contributed by atoms with Gasteiger partial charge in [-0.3, -0.25) is 9.69 Å². The number of nitrogens with zero attached hydrogens (tertiary/aromatic N) is 1. The van der Waals surface area contributed by atoms with E-state index >= 15 is 0 Å². The highest BCUT2D eigenvalue weighted by molar-refractivity contribution is 6.76. The number of amides is 1. The predicted molar refractivity (Wildman–Crippen MR) is 176 cm³/mol. The highest BCUT2D eigenvalue weighted by Gasteiger charge is 2.52. The van der Waals surface area contributed by atoms with Crippen LogP contribution in [0.15, 0.2) is 91.0 Å². The van der Waals surface area contributed by atoms with Crippen molar-refractivity contribution in [3.05, 3.63) is 119 Å². The molecular formula is C36H41NO7Si. The van der Waals surface area contributed by atoms with Gasteiger partial charge < -0.3 is 28.8 Å². The lowest BCUT2D eigenvalue weighted by atomic mass is 9.93. The van der Waals surface area contributed by atoms with Gasteiger partial charge in [0, 0.05) is 37.9 Å². The van der Waals surface area contributed by atoms with E-state index in [0.717, 1.165) is 22.7 Å². The molecule has 5 rings (SSSR count). The summed E-state index contributed by atoms with van der Waals surface area (Å²) in [5.74, 6) is 0.957. The molecule has 1 aliphatic heterocycles. The van der Waals surface area contributed by atoms with E-state index in [1.807, 2.05) is 78.9 Å². The Morgan fingerprint density at radius 3 is 2.11 bits per heavy atom. The van der Waals surface area contributed by atoms with Gasteiger partial charge in [-0.2, -0.15) is 0 Å². The molecule has 0 saturated carbocycles. The fraction of sp³-hybridized carbons (Fsp3) is 0.306. The van der Waals surface area contributed by atoms with Gasteiger partial charge in [-0.15, -0.1) is 0 Å². The zero-order chi connectivity index (χ0) is 32.0. The largest absolute Gasteiger partial charge is 0.502 e. The van der Waals surface area contributed by atoms with Crippen molar-refractivity contribution in [3.8, 4) is 23.0 Å². The molecule has 4 aromatic carbocycles. The number of carbonyl (C=O) groups excluding carboxylic acids is 1. The van der Waals surface area contributed by atoms with E-state index in [4.69, 9.17) is 23.7 Å². The zero-order valence-electron chi connectivity index (χ0n) is 26.5. The summed E-state index contributed by atoms with van der Waals surface area (Å²) in [5.41, 5.74) is 2.48. The van der Waals surface area contributed by atoms with E-state index in [0.29, 0.717) is 30.0 Å². The number of benzene rings is 4. The van der Waals surface area contributed by atoms with Gasteiger partial charge in [0.05, 0.1) is 20.8 Å². The van der Waals surface area contributed by atoms with Crippen molar-refractivity contribution in [2.75, 3.05) is 27.6 Å². The van der Waals surface area contributed by atoms with Crippen molar-refractivity contribution in [1.82, 2.24) is 4.90 Å². The number of hydrogen-bond donors (Lipinski definition) is 1. The summed E-state index contributed by atoms with van der Waals surface area (Å²) in [6, 6.07) is 29.5. The Hall–Kier alpha value is -4.31. The summed E-state index contributed by atoms with van der Waals surface area (Å²) < 4.78 is 29.3. The molecule has 0 radical (unpaired) electrons. The molecular weight excluding hydrogens is 586 g/mol. The molecule has 1 N–H and O–H groups in total. The molecule has 9 heteroatoms. The summed E-state index contributed by atoms with van der Waals surface area (Å²) in [5, 5.41) is 10.5. The van der Waals surface area contributed by atoms with Gasteiger partial charge in [-0.1, -0.05) is 80.3 Å². The van der Waals surface area contributed by atoms with Gasteiger partial charge in [0.15, 0.2) is 24.0 Å². The van der Waals surface area contributed by atoms with E-state index < -0.39 is 13.8 Å². The minimum Gasteiger partial charge on any atom is -0.502 e. The number of phenols is 1. The Morgan fingerprint density at radius 2 is 1.47 bits per heavy atom. The second-order valence-corrected chi connectivity index (χ2v) is 17.8. The second kappa shape index (κ2) is 13.8. The molecule has 0 spiro atoms. The first kappa shape index (κ1) is 32.1. The van der Waals surface area contributed by atoms with Crippen molar-refractivity contribution in [2.45, 2.75) is 44.6 Å². The number of rotatable bonds is 14. The molecule has 1 amide bonds. The van der Waals surface area contributed by atoms with Gasteiger partial charge in [0.25, 0.3) is 5.91 Å². The Balaban J connectivity index is 1.52. The molecule has 8 nitrogen and oxygen atoms in total. The lowest BCUT2D eigenvalue weighted by Gasteiger charge is -2.39. The summed E-state index contributed by atoms with van der Waals surface area (Å²) in [4.78, 5) is 15.9. The van der Waals surface area contributed by atoms with E-state index in [1.54, 1.807) is 17.0 Å². The first-order valence-corrected chi connectivity index (χ1v) is 18.7. The number of hydrogen-bond acceptors (Lipinski definition) is 7. The highest BCUT2D eigenvalue weighted by Crippen LogP contribution is 2.47. The van der Waals surface area contributed by atoms with Crippen LogP contribution in [0.1, 0.15) is 32.6 Å². The third-order valence-corrected chi connectivity index (χ3v) is 9.57. The molecule has 0 fully saturated rings. The number of aromatic hydroxyl groups is 1. The molecule has 0 aromatic heterocycles. The highest BCUT2D eigenvalue weighted by atomic mass is 28.3. The second-order valence-electron chi connectivity index (χ2n) is 12.2. The average Bonchev–Trinajstić information content (AvgIpc) is 3.28. The maximum Gasteiger partial charge on any atom is 0.257 e. The lowest BCUT2D eigenvalue weighted by Crippen LogP contribution is -2.46. The van der Waals surface area contributed by atoms with Crippen LogP contribution in [0, 0.1) is 0 Å². The minimum absolute atomic E-state index is 0.0864. The Morgan fingerprint density at radius 1 is 0.822 bits per heavy atom. The van der Waals surface area contributed by atoms with Crippen LogP contribution in [0.4, 0.5) is 0 Å². The molecule has 0 bridgehead atoms. The van der Waals surface area contributed by atoms with Crippen molar-refractivity contribution >= 4 is 14.0 Å². The van der Waals surface area contributed by atoms with Crippen LogP contribution >= 0.6 is 0 Å². The molecule has 1 aliphatic rings. The summed E-state index contributed by atoms with van der Waals surface area (Å²) in [6.07, 6.45) is 0. The molecule has 45 heavy (non-hydrogen) atoms. The van der Waals surface area contributed by atoms with Gasteiger partial charge in [-0.05, 0) is 47.5 Å². The number of ether oxygens (including phenoxy) is 5. The third-order valence-electron chi connectivity index (χ3n) is 7.87. The van der Waals surface area contributed by atoms with E-state index in [2.05, 4.69) is 19.6 Å². The van der Waals surface area contributed by atoms with Crippen molar-refractivity contribution in [1.29, 1.82) is 0 Å². The minimum atomic E-state index is -1.27. The maximum absolute atomic E-state index is 14.1. The van der Waals surface area contributed by atoms with Gasteiger partial charge in [0.2, 0.25) is 5.75 Å². The molecule has 236 valence electrons. The monoisotopic (exact) mass is 627 g/mol. The fourth-order valence-electron chi connectivity index (χ4n) is 5.44. The first-order valence-electron chi connectivity index (χ1n) is 15.0. The molecule has 1 heterocycles. The van der Waals surface area contributed by atoms with Crippen LogP contribution in [0.2, 0.25) is 25.7 Å². The molecule has 1 unspecified atom stereocenters. The van der Waals surface area contributed by atoms with Gasteiger partial charge in [-0.25, -0.2) is 0 Å². The Bertz CT molecular complexity index is 1580. The van der Waals surface area contributed by atoms with Crippen LogP contribution in [-0.2, 0) is 28.4 Å². The Kier molecular flexibility index (Phi) is 9.82. The quantitative estimate of drug-likeness (QED) is 0.0901. The lowest BCUT2D eigenvalue weighted by molar-refractivity contribution is -0.120. The SMILES string of the molecule is COc1cc(COC2(c3ccc(OCOCC[Si](C)(C)C)cc3)c3ccccc3C(=O)N2Cc2ccccc2)cc(OC)c1O. The topological polar surface area (TPSA) is 86.7 Å². The van der Waals surface area contributed by atoms with Crippen LogP contribution in [-0.4, -0.2) is 51.6 Å². The van der Waals surface area contributed by atoms with Gasteiger partial charge in [0.1, 0.15) is 5.75 Å². The summed E-state index contributed by atoms with van der Waals surface area (Å²) in [6.45, 7) is 8.19. The van der Waals surface area contributed by atoms with Crippen LogP contribution < -0.4 is 14.2 Å². The normalized spacial score (nSPS) is 16.0. The molecule has 0 saturated heterocycles. The maximum atomic E-state index is 14.1. The summed E-state index contributed by atoms with van der Waals surface area (Å²) in [7, 11) is 1.78. The summed E-state index contributed by atoms with van der Waals surface area (Å²) >= 11 is 0. The van der Waals surface area contributed by atoms with Crippen molar-refractivity contribution in [3.63, 3.8) is 0 Å². The van der Waals surface area contributed by atoms with E-state index in [9.17, 15) is 9.90 Å². The number of phenolic OH excluding ortho intramolecular Hbond substituents is 1. The standard InChI is InChI=1S/C36H41NO7Si/c1-40-32-21-27(22-33(41-2)34(32)38)24-44-36(28-15-17-29(18-16-28)43-25-42-19-20-45(3,4)5)31-14-10-9-13-30(31)35(39)37(36)23-26-11-7-6-8-12-26/h6-18,21-22,38H,19-20,23-25H2,1-5H3. The number of carbonyl (C=O) groups is 1. The predicted octanol–water partition coefficient (Wildman–Crippen LogP) is 7.17. The zero-order valence-corrected chi connectivity index (χ0v) is 27.5. The smallest absolute Gasteiger partial charge is 0.257 e. The van der Waals surface area contributed by atoms with E-state index in [-0.39, 0.29) is 36.6 Å². The van der Waals surface area contributed by atoms with Crippen LogP contribution in [0.5, 0.6) is 23.0 Å². The third kappa shape index (κ3) is 7.01. The fourth-order valence-corrected chi connectivity index (χ4v) is 6.20. The molecule has 1 atom stereocenters. The number of methoxy groups -OCH3 is 2.